The van der Waals surface area contributed by atoms with E-state index in [-0.39, 0.29) is 17.7 Å². The lowest BCUT2D eigenvalue weighted by Gasteiger charge is -2.12. The SMILES string of the molecule is CC[C@@]1(C(=O)O)[C@H](c2ccccc2F)[C@@H]1c1cc(C2CC2)nc(C2CC2)c1. The third kappa shape index (κ3) is 2.60. The first-order valence-electron chi connectivity index (χ1n) is 10.1. The highest BCUT2D eigenvalue weighted by Gasteiger charge is 2.70. The predicted octanol–water partition coefficient (Wildman–Crippen LogP) is 5.34. The zero-order chi connectivity index (χ0) is 18.8. The van der Waals surface area contributed by atoms with E-state index in [1.807, 2.05) is 6.92 Å². The summed E-state index contributed by atoms with van der Waals surface area (Å²) in [6.45, 7) is 1.91. The topological polar surface area (TPSA) is 50.2 Å². The second-order valence-electron chi connectivity index (χ2n) is 8.47. The lowest BCUT2D eigenvalue weighted by molar-refractivity contribution is -0.143. The minimum atomic E-state index is -0.925. The van der Waals surface area contributed by atoms with Crippen molar-refractivity contribution in [3.05, 3.63) is 64.7 Å². The van der Waals surface area contributed by atoms with Crippen LogP contribution < -0.4 is 0 Å². The Kier molecular flexibility index (Phi) is 3.68. The van der Waals surface area contributed by atoms with Gasteiger partial charge in [-0.25, -0.2) is 4.39 Å². The van der Waals surface area contributed by atoms with Crippen LogP contribution in [-0.2, 0) is 4.79 Å². The quantitative estimate of drug-likeness (QED) is 0.752. The van der Waals surface area contributed by atoms with E-state index >= 15 is 0 Å². The van der Waals surface area contributed by atoms with Crippen LogP contribution in [0.3, 0.4) is 0 Å². The predicted molar refractivity (Wildman–Crippen MR) is 100 cm³/mol. The van der Waals surface area contributed by atoms with E-state index in [4.69, 9.17) is 4.98 Å². The molecule has 3 aliphatic carbocycles. The molecule has 3 aliphatic rings. The van der Waals surface area contributed by atoms with E-state index < -0.39 is 11.4 Å². The summed E-state index contributed by atoms with van der Waals surface area (Å²) in [5.41, 5.74) is 2.88. The van der Waals surface area contributed by atoms with E-state index in [1.54, 1.807) is 18.2 Å². The van der Waals surface area contributed by atoms with Crippen molar-refractivity contribution in [2.45, 2.75) is 62.7 Å². The molecule has 0 unspecified atom stereocenters. The van der Waals surface area contributed by atoms with Crippen LogP contribution in [0.25, 0.3) is 0 Å². The van der Waals surface area contributed by atoms with E-state index in [9.17, 15) is 14.3 Å². The summed E-state index contributed by atoms with van der Waals surface area (Å²) in [4.78, 5) is 17.2. The molecule has 1 N–H and O–H groups in total. The fourth-order valence-corrected chi connectivity index (χ4v) is 4.92. The van der Waals surface area contributed by atoms with Gasteiger partial charge in [0.25, 0.3) is 0 Å². The Balaban J connectivity index is 1.62. The second-order valence-corrected chi connectivity index (χ2v) is 8.47. The summed E-state index contributed by atoms with van der Waals surface area (Å²) in [6, 6.07) is 10.9. The van der Waals surface area contributed by atoms with E-state index in [2.05, 4.69) is 12.1 Å². The first-order chi connectivity index (χ1) is 13.1. The number of nitrogens with zero attached hydrogens (tertiary/aromatic N) is 1. The monoisotopic (exact) mass is 365 g/mol. The molecular formula is C23H24FNO2. The van der Waals surface area contributed by atoms with Crippen LogP contribution in [0.5, 0.6) is 0 Å². The number of hydrogen-bond donors (Lipinski definition) is 1. The molecule has 3 nitrogen and oxygen atoms in total. The van der Waals surface area contributed by atoms with Crippen LogP contribution in [0.4, 0.5) is 4.39 Å². The Bertz CT molecular complexity index is 888. The molecule has 0 bridgehead atoms. The molecule has 0 amide bonds. The number of hydrogen-bond acceptors (Lipinski definition) is 2. The molecule has 3 atom stereocenters. The van der Waals surface area contributed by atoms with Crippen LogP contribution in [-0.4, -0.2) is 16.1 Å². The van der Waals surface area contributed by atoms with Crippen molar-refractivity contribution in [3.8, 4) is 0 Å². The molecule has 0 spiro atoms. The Morgan fingerprint density at radius 1 is 1.11 bits per heavy atom. The van der Waals surface area contributed by atoms with Crippen LogP contribution in [0, 0.1) is 11.2 Å². The number of rotatable bonds is 6. The van der Waals surface area contributed by atoms with Gasteiger partial charge in [0.2, 0.25) is 0 Å². The highest BCUT2D eigenvalue weighted by Crippen LogP contribution is 2.72. The fourth-order valence-electron chi connectivity index (χ4n) is 4.92. The summed E-state index contributed by atoms with van der Waals surface area (Å²) >= 11 is 0. The van der Waals surface area contributed by atoms with Crippen molar-refractivity contribution in [1.29, 1.82) is 0 Å². The van der Waals surface area contributed by atoms with Gasteiger partial charge in [-0.3, -0.25) is 9.78 Å². The maximum Gasteiger partial charge on any atom is 0.310 e. The van der Waals surface area contributed by atoms with E-state index in [1.165, 1.54) is 31.7 Å². The van der Waals surface area contributed by atoms with Gasteiger partial charge in [-0.2, -0.15) is 0 Å². The summed E-state index contributed by atoms with van der Waals surface area (Å²) in [6.07, 6.45) is 5.16. The Labute approximate surface area is 158 Å². The maximum absolute atomic E-state index is 14.5. The normalized spacial score (nSPS) is 29.6. The number of halogens is 1. The summed E-state index contributed by atoms with van der Waals surface area (Å²) in [5, 5.41) is 10.1. The van der Waals surface area contributed by atoms with Gasteiger partial charge in [0.15, 0.2) is 0 Å². The number of pyridine rings is 1. The fraction of sp³-hybridized carbons (Fsp3) is 0.478. The molecule has 1 heterocycles. The van der Waals surface area contributed by atoms with Gasteiger partial charge in [0.05, 0.1) is 5.41 Å². The third-order valence-electron chi connectivity index (χ3n) is 6.80. The first-order valence-corrected chi connectivity index (χ1v) is 10.1. The van der Waals surface area contributed by atoms with E-state index in [0.717, 1.165) is 17.0 Å². The van der Waals surface area contributed by atoms with Crippen LogP contribution >= 0.6 is 0 Å². The number of carboxylic acid groups (broad SMARTS) is 1. The lowest BCUT2D eigenvalue weighted by atomic mass is 9.94. The van der Waals surface area contributed by atoms with Crippen LogP contribution in [0.15, 0.2) is 36.4 Å². The third-order valence-corrected chi connectivity index (χ3v) is 6.80. The average molecular weight is 365 g/mol. The number of aliphatic carboxylic acids is 1. The number of aromatic nitrogens is 1. The zero-order valence-corrected chi connectivity index (χ0v) is 15.5. The number of carboxylic acids is 1. The molecule has 140 valence electrons. The van der Waals surface area contributed by atoms with Crippen LogP contribution in [0.1, 0.15) is 85.2 Å². The standard InChI is InChI=1S/C23H24FNO2/c1-2-23(22(26)27)20(21(23)16-5-3-4-6-17(16)24)15-11-18(13-7-8-13)25-19(12-15)14-9-10-14/h3-6,11-14,20-21H,2,7-10H2,1H3,(H,26,27)/t20-,21+,23-/m0/s1. The Morgan fingerprint density at radius 3 is 2.19 bits per heavy atom. The summed E-state index contributed by atoms with van der Waals surface area (Å²) < 4.78 is 14.5. The summed E-state index contributed by atoms with van der Waals surface area (Å²) in [5.74, 6) is -0.579. The highest BCUT2D eigenvalue weighted by atomic mass is 19.1. The molecule has 27 heavy (non-hydrogen) atoms. The first kappa shape index (κ1) is 16.9. The molecule has 0 radical (unpaired) electrons. The lowest BCUT2D eigenvalue weighted by Crippen LogP contribution is -2.18. The van der Waals surface area contributed by atoms with Crippen LogP contribution in [0.2, 0.25) is 0 Å². The van der Waals surface area contributed by atoms with Crippen molar-refractivity contribution >= 4 is 5.97 Å². The van der Waals surface area contributed by atoms with Gasteiger partial charge in [-0.05, 0) is 61.4 Å². The number of benzene rings is 1. The molecule has 1 aromatic carbocycles. The Hall–Kier alpha value is -2.23. The minimum Gasteiger partial charge on any atom is -0.481 e. The molecule has 1 aromatic heterocycles. The van der Waals surface area contributed by atoms with Gasteiger partial charge >= 0.3 is 5.97 Å². The van der Waals surface area contributed by atoms with E-state index in [0.29, 0.717) is 23.8 Å². The molecule has 0 aliphatic heterocycles. The largest absolute Gasteiger partial charge is 0.481 e. The van der Waals surface area contributed by atoms with Crippen molar-refractivity contribution in [2.75, 3.05) is 0 Å². The van der Waals surface area contributed by atoms with Crippen molar-refractivity contribution in [2.24, 2.45) is 5.41 Å². The molecular weight excluding hydrogens is 341 g/mol. The van der Waals surface area contributed by atoms with Crippen molar-refractivity contribution in [3.63, 3.8) is 0 Å². The minimum absolute atomic E-state index is 0.185. The molecule has 3 saturated carbocycles. The average Bonchev–Trinajstić information content (AvgIpc) is 3.56. The smallest absolute Gasteiger partial charge is 0.310 e. The van der Waals surface area contributed by atoms with Crippen molar-refractivity contribution in [1.82, 2.24) is 4.98 Å². The second kappa shape index (κ2) is 5.88. The molecule has 5 rings (SSSR count). The maximum atomic E-state index is 14.5. The zero-order valence-electron chi connectivity index (χ0n) is 15.5. The number of carbonyl (C=O) groups is 1. The van der Waals surface area contributed by atoms with Crippen molar-refractivity contribution < 1.29 is 14.3 Å². The molecule has 2 aromatic rings. The van der Waals surface area contributed by atoms with Gasteiger partial charge in [0, 0.05) is 35.1 Å². The molecule has 4 heteroatoms. The van der Waals surface area contributed by atoms with Gasteiger partial charge in [-0.1, -0.05) is 25.1 Å². The molecule has 3 fully saturated rings. The van der Waals surface area contributed by atoms with Gasteiger partial charge < -0.3 is 5.11 Å². The summed E-state index contributed by atoms with van der Waals surface area (Å²) in [7, 11) is 0. The van der Waals surface area contributed by atoms with Gasteiger partial charge in [-0.15, -0.1) is 0 Å². The Morgan fingerprint density at radius 2 is 1.70 bits per heavy atom. The van der Waals surface area contributed by atoms with Gasteiger partial charge in [0.1, 0.15) is 5.82 Å². The molecule has 0 saturated heterocycles. The highest BCUT2D eigenvalue weighted by molar-refractivity contribution is 5.84.